The van der Waals surface area contributed by atoms with Crippen molar-refractivity contribution in [2.45, 2.75) is 37.7 Å². The number of hydrogen-bond donors (Lipinski definition) is 0. The summed E-state index contributed by atoms with van der Waals surface area (Å²) in [4.78, 5) is 30.6. The Morgan fingerprint density at radius 2 is 1.78 bits per heavy atom. The molecule has 0 aliphatic carbocycles. The van der Waals surface area contributed by atoms with E-state index in [4.69, 9.17) is 4.98 Å². The zero-order chi connectivity index (χ0) is 22.6. The number of para-hydroxylation sites is 1. The lowest BCUT2D eigenvalue weighted by atomic mass is 10.1. The first-order valence-electron chi connectivity index (χ1n) is 10.3. The highest BCUT2D eigenvalue weighted by Crippen LogP contribution is 2.25. The Morgan fingerprint density at radius 1 is 1.00 bits per heavy atom. The van der Waals surface area contributed by atoms with Crippen molar-refractivity contribution in [2.75, 3.05) is 0 Å². The van der Waals surface area contributed by atoms with Gasteiger partial charge in [0.05, 0.1) is 27.6 Å². The summed E-state index contributed by atoms with van der Waals surface area (Å²) in [7, 11) is 1.70. The average molecular weight is 447 g/mol. The molecule has 0 radical (unpaired) electrons. The van der Waals surface area contributed by atoms with E-state index in [-0.39, 0.29) is 17.2 Å². The minimum absolute atomic E-state index is 0.0399. The molecular weight excluding hydrogens is 424 g/mol. The van der Waals surface area contributed by atoms with Crippen LogP contribution in [0.5, 0.6) is 0 Å². The summed E-state index contributed by atoms with van der Waals surface area (Å²) in [6.07, 6.45) is 0. The van der Waals surface area contributed by atoms with Crippen LogP contribution in [0.3, 0.4) is 0 Å². The van der Waals surface area contributed by atoms with E-state index in [0.717, 1.165) is 11.1 Å². The third-order valence-electron chi connectivity index (χ3n) is 5.56. The van der Waals surface area contributed by atoms with Crippen molar-refractivity contribution in [3.05, 3.63) is 74.6 Å². The van der Waals surface area contributed by atoms with Gasteiger partial charge in [0.2, 0.25) is 5.78 Å². The first kappa shape index (κ1) is 20.4. The van der Waals surface area contributed by atoms with Crippen LogP contribution >= 0.6 is 11.8 Å². The van der Waals surface area contributed by atoms with Crippen LogP contribution in [0.4, 0.5) is 0 Å². The summed E-state index contributed by atoms with van der Waals surface area (Å²) < 4.78 is 5.14. The molecule has 0 aliphatic heterocycles. The third-order valence-corrected chi connectivity index (χ3v) is 6.51. The molecule has 0 saturated carbocycles. The molecule has 5 aromatic rings. The van der Waals surface area contributed by atoms with Crippen molar-refractivity contribution in [2.24, 2.45) is 7.05 Å². The number of rotatable bonds is 4. The van der Waals surface area contributed by atoms with Gasteiger partial charge in [0, 0.05) is 13.1 Å². The molecule has 9 heteroatoms. The molecule has 0 spiro atoms. The zero-order valence-corrected chi connectivity index (χ0v) is 19.1. The number of fused-ring (bicyclic) bond motifs is 4. The topological polar surface area (TPSA) is 87.1 Å². The summed E-state index contributed by atoms with van der Waals surface area (Å²) in [5.41, 5.74) is 2.29. The van der Waals surface area contributed by atoms with Gasteiger partial charge >= 0.3 is 0 Å². The highest BCUT2D eigenvalue weighted by Gasteiger charge is 2.18. The highest BCUT2D eigenvalue weighted by molar-refractivity contribution is 7.98. The summed E-state index contributed by atoms with van der Waals surface area (Å²) in [6, 6.07) is 13.1. The Labute approximate surface area is 187 Å². The normalized spacial score (nSPS) is 11.9. The third kappa shape index (κ3) is 3.12. The Balaban J connectivity index is 1.65. The van der Waals surface area contributed by atoms with Crippen LogP contribution in [0, 0.1) is 6.92 Å². The van der Waals surface area contributed by atoms with E-state index in [0.29, 0.717) is 38.8 Å². The Kier molecular flexibility index (Phi) is 4.85. The molecule has 2 aromatic carbocycles. The van der Waals surface area contributed by atoms with Crippen LogP contribution < -0.4 is 11.1 Å². The van der Waals surface area contributed by atoms with E-state index in [1.54, 1.807) is 17.7 Å². The van der Waals surface area contributed by atoms with Gasteiger partial charge in [0.25, 0.3) is 11.1 Å². The second-order valence-corrected chi connectivity index (χ2v) is 9.05. The summed E-state index contributed by atoms with van der Waals surface area (Å²) in [5, 5.41) is 10.5. The molecule has 0 fully saturated rings. The predicted octanol–water partition coefficient (Wildman–Crippen LogP) is 3.47. The molecule has 0 unspecified atom stereocenters. The Hall–Kier alpha value is -3.46. The summed E-state index contributed by atoms with van der Waals surface area (Å²) in [5.74, 6) is 1.61. The van der Waals surface area contributed by atoms with Crippen molar-refractivity contribution in [1.29, 1.82) is 0 Å². The van der Waals surface area contributed by atoms with Crippen molar-refractivity contribution in [3.8, 4) is 0 Å². The van der Waals surface area contributed by atoms with Gasteiger partial charge in [-0.05, 0) is 45.0 Å². The first-order valence-corrected chi connectivity index (χ1v) is 11.3. The number of benzene rings is 2. The molecule has 0 atom stereocenters. The first-order chi connectivity index (χ1) is 15.4. The van der Waals surface area contributed by atoms with E-state index >= 15 is 0 Å². The Bertz CT molecular complexity index is 1630. The fraction of sp³-hybridized carbons (Fsp3) is 0.261. The van der Waals surface area contributed by atoms with Crippen LogP contribution in [0.1, 0.15) is 31.3 Å². The highest BCUT2D eigenvalue weighted by atomic mass is 32.2. The van der Waals surface area contributed by atoms with Gasteiger partial charge in [0.1, 0.15) is 5.82 Å². The lowest BCUT2D eigenvalue weighted by Gasteiger charge is -2.16. The lowest BCUT2D eigenvalue weighted by molar-refractivity contribution is 0.519. The maximum atomic E-state index is 13.1. The molecule has 32 heavy (non-hydrogen) atoms. The van der Waals surface area contributed by atoms with Crippen molar-refractivity contribution >= 4 is 39.3 Å². The van der Waals surface area contributed by atoms with Crippen molar-refractivity contribution in [3.63, 3.8) is 0 Å². The van der Waals surface area contributed by atoms with Gasteiger partial charge in [-0.25, -0.2) is 4.98 Å². The van der Waals surface area contributed by atoms with Crippen LogP contribution in [-0.4, -0.2) is 28.7 Å². The number of thioether (sulfide) groups is 1. The van der Waals surface area contributed by atoms with Crippen LogP contribution in [0.15, 0.2) is 57.2 Å². The monoisotopic (exact) mass is 446 g/mol. The second-order valence-electron chi connectivity index (χ2n) is 8.11. The Morgan fingerprint density at radius 3 is 2.56 bits per heavy atom. The summed E-state index contributed by atoms with van der Waals surface area (Å²) in [6.45, 7) is 5.91. The predicted molar refractivity (Wildman–Crippen MR) is 126 cm³/mol. The second kappa shape index (κ2) is 7.59. The lowest BCUT2D eigenvalue weighted by Crippen LogP contribution is -2.25. The number of nitrogens with zero attached hydrogens (tertiary/aromatic N) is 6. The van der Waals surface area contributed by atoms with E-state index < -0.39 is 0 Å². The molecule has 0 aliphatic rings. The molecule has 5 rings (SSSR count). The molecule has 0 amide bonds. The molecule has 0 bridgehead atoms. The SMILES string of the molecule is Cc1ccc2c(c1)c(=O)n(C)c1nnc(CSc3nc4ccccc4c(=O)n3C(C)C)n21. The standard InChI is InChI=1S/C23H22N6O2S/c1-13(2)28-21(31)15-7-5-6-8-17(15)24-23(28)32-12-19-25-26-22-27(4)20(30)16-11-14(3)9-10-18(16)29(19)22/h5-11,13H,12H2,1-4H3. The van der Waals surface area contributed by atoms with E-state index in [1.165, 1.54) is 16.3 Å². The van der Waals surface area contributed by atoms with E-state index in [2.05, 4.69) is 10.2 Å². The quantitative estimate of drug-likeness (QED) is 0.310. The zero-order valence-electron chi connectivity index (χ0n) is 18.2. The fourth-order valence-electron chi connectivity index (χ4n) is 3.96. The maximum absolute atomic E-state index is 13.1. The van der Waals surface area contributed by atoms with Gasteiger partial charge in [-0.15, -0.1) is 10.2 Å². The van der Waals surface area contributed by atoms with E-state index in [1.807, 2.05) is 61.6 Å². The largest absolute Gasteiger partial charge is 0.285 e. The number of hydrogen-bond acceptors (Lipinski definition) is 6. The molecular formula is C23H22N6O2S. The maximum Gasteiger partial charge on any atom is 0.262 e. The minimum atomic E-state index is -0.104. The van der Waals surface area contributed by atoms with Gasteiger partial charge in [-0.3, -0.25) is 23.1 Å². The number of aromatic nitrogens is 6. The van der Waals surface area contributed by atoms with E-state index in [9.17, 15) is 9.59 Å². The molecule has 3 aromatic heterocycles. The molecule has 8 nitrogen and oxygen atoms in total. The van der Waals surface area contributed by atoms with Crippen molar-refractivity contribution in [1.82, 2.24) is 28.7 Å². The number of aryl methyl sites for hydroxylation is 2. The van der Waals surface area contributed by atoms with Crippen LogP contribution in [0.25, 0.3) is 27.6 Å². The van der Waals surface area contributed by atoms with Gasteiger partial charge in [0.15, 0.2) is 5.16 Å². The average Bonchev–Trinajstić information content (AvgIpc) is 3.20. The van der Waals surface area contributed by atoms with Gasteiger partial charge < -0.3 is 0 Å². The van der Waals surface area contributed by atoms with Gasteiger partial charge in [-0.1, -0.05) is 35.5 Å². The van der Waals surface area contributed by atoms with Crippen LogP contribution in [0.2, 0.25) is 0 Å². The fourth-order valence-corrected chi connectivity index (χ4v) is 5.00. The smallest absolute Gasteiger partial charge is 0.262 e. The molecule has 3 heterocycles. The molecule has 0 N–H and O–H groups in total. The van der Waals surface area contributed by atoms with Crippen LogP contribution in [-0.2, 0) is 12.8 Å². The molecule has 0 saturated heterocycles. The van der Waals surface area contributed by atoms with Gasteiger partial charge in [-0.2, -0.15) is 0 Å². The van der Waals surface area contributed by atoms with Crippen molar-refractivity contribution < 1.29 is 0 Å². The minimum Gasteiger partial charge on any atom is -0.285 e. The summed E-state index contributed by atoms with van der Waals surface area (Å²) >= 11 is 1.44. The molecule has 162 valence electrons.